The summed E-state index contributed by atoms with van der Waals surface area (Å²) in [5, 5.41) is 3.61. The quantitative estimate of drug-likeness (QED) is 0.860. The predicted octanol–water partition coefficient (Wildman–Crippen LogP) is 3.81. The van der Waals surface area contributed by atoms with Crippen molar-refractivity contribution in [1.82, 2.24) is 10.2 Å². The molecule has 2 unspecified atom stereocenters. The van der Waals surface area contributed by atoms with E-state index in [1.54, 1.807) is 0 Å². The topological polar surface area (TPSA) is 28.4 Å². The van der Waals surface area contributed by atoms with Gasteiger partial charge in [0.1, 0.15) is 5.76 Å². The molecule has 1 N–H and O–H groups in total. The van der Waals surface area contributed by atoms with Crippen LogP contribution in [-0.2, 0) is 0 Å². The lowest BCUT2D eigenvalue weighted by Gasteiger charge is -2.32. The number of hydrogen-bond donors (Lipinski definition) is 1. The summed E-state index contributed by atoms with van der Waals surface area (Å²) < 4.78 is 6.41. The van der Waals surface area contributed by atoms with Crippen LogP contribution in [0.1, 0.15) is 45.4 Å². The van der Waals surface area contributed by atoms with Gasteiger partial charge in [0, 0.05) is 12.6 Å². The van der Waals surface area contributed by atoms with Gasteiger partial charge in [0.2, 0.25) is 0 Å². The summed E-state index contributed by atoms with van der Waals surface area (Å²) in [4.78, 5) is 2.63. The zero-order chi connectivity index (χ0) is 13.8. The summed E-state index contributed by atoms with van der Waals surface area (Å²) in [7, 11) is 0. The maximum absolute atomic E-state index is 5.60. The number of nitrogens with one attached hydrogen (secondary N) is 1. The van der Waals surface area contributed by atoms with Gasteiger partial charge in [-0.15, -0.1) is 0 Å². The van der Waals surface area contributed by atoms with Gasteiger partial charge in [0.15, 0.2) is 4.67 Å². The smallest absolute Gasteiger partial charge is 0.169 e. The highest BCUT2D eigenvalue weighted by Gasteiger charge is 2.25. The monoisotopic (exact) mass is 328 g/mol. The van der Waals surface area contributed by atoms with Crippen molar-refractivity contribution < 1.29 is 4.42 Å². The molecule has 0 bridgehead atoms. The van der Waals surface area contributed by atoms with Crippen molar-refractivity contribution in [3.63, 3.8) is 0 Å². The summed E-state index contributed by atoms with van der Waals surface area (Å²) in [6.45, 7) is 10.3. The molecule has 1 aliphatic rings. The standard InChI is InChI=1S/C15H25BrN2O/c1-11(2)13(18-8-4-5-9-18)10-17-12(3)14-6-7-15(16)19-14/h6-7,11-13,17H,4-5,8-10H2,1-3H3. The molecule has 0 saturated carbocycles. The van der Waals surface area contributed by atoms with E-state index in [4.69, 9.17) is 4.42 Å². The molecule has 1 saturated heterocycles. The Bertz CT molecular complexity index is 385. The van der Waals surface area contributed by atoms with Crippen LogP contribution in [0.5, 0.6) is 0 Å². The van der Waals surface area contributed by atoms with Crippen molar-refractivity contribution in [2.45, 2.75) is 45.7 Å². The summed E-state index contributed by atoms with van der Waals surface area (Å²) in [5.74, 6) is 1.68. The molecule has 0 aromatic carbocycles. The van der Waals surface area contributed by atoms with E-state index in [0.29, 0.717) is 12.0 Å². The van der Waals surface area contributed by atoms with E-state index in [2.05, 4.69) is 46.9 Å². The van der Waals surface area contributed by atoms with Crippen LogP contribution in [0.4, 0.5) is 0 Å². The Morgan fingerprint density at radius 1 is 1.26 bits per heavy atom. The number of likely N-dealkylation sites (tertiary alicyclic amines) is 1. The summed E-state index contributed by atoms with van der Waals surface area (Å²) in [6, 6.07) is 4.87. The lowest BCUT2D eigenvalue weighted by Crippen LogP contribution is -2.44. The third kappa shape index (κ3) is 4.07. The first kappa shape index (κ1) is 15.1. The summed E-state index contributed by atoms with van der Waals surface area (Å²) in [6.07, 6.45) is 2.70. The van der Waals surface area contributed by atoms with E-state index < -0.39 is 0 Å². The Morgan fingerprint density at radius 2 is 1.95 bits per heavy atom. The van der Waals surface area contributed by atoms with Crippen LogP contribution in [-0.4, -0.2) is 30.6 Å². The number of halogens is 1. The Hall–Kier alpha value is -0.320. The fourth-order valence-electron chi connectivity index (χ4n) is 2.82. The Morgan fingerprint density at radius 3 is 2.47 bits per heavy atom. The molecule has 0 amide bonds. The second-order valence-corrected chi connectivity index (χ2v) is 6.61. The molecular weight excluding hydrogens is 304 g/mol. The maximum Gasteiger partial charge on any atom is 0.169 e. The highest BCUT2D eigenvalue weighted by Crippen LogP contribution is 2.21. The van der Waals surface area contributed by atoms with E-state index in [-0.39, 0.29) is 6.04 Å². The van der Waals surface area contributed by atoms with Crippen LogP contribution in [0.3, 0.4) is 0 Å². The van der Waals surface area contributed by atoms with Crippen molar-refractivity contribution >= 4 is 15.9 Å². The molecule has 4 heteroatoms. The molecule has 0 aliphatic carbocycles. The molecule has 1 fully saturated rings. The van der Waals surface area contributed by atoms with Gasteiger partial charge in [-0.3, -0.25) is 4.90 Å². The molecule has 3 nitrogen and oxygen atoms in total. The van der Waals surface area contributed by atoms with Crippen molar-refractivity contribution in [2.75, 3.05) is 19.6 Å². The average Bonchev–Trinajstić information content (AvgIpc) is 3.00. The molecule has 1 aromatic heterocycles. The van der Waals surface area contributed by atoms with E-state index in [1.165, 1.54) is 25.9 Å². The minimum absolute atomic E-state index is 0.259. The second kappa shape index (κ2) is 6.91. The predicted molar refractivity (Wildman–Crippen MR) is 82.3 cm³/mol. The van der Waals surface area contributed by atoms with Crippen molar-refractivity contribution in [3.05, 3.63) is 22.6 Å². The molecule has 1 aromatic rings. The minimum atomic E-state index is 0.259. The van der Waals surface area contributed by atoms with Gasteiger partial charge in [0.25, 0.3) is 0 Å². The zero-order valence-electron chi connectivity index (χ0n) is 12.2. The highest BCUT2D eigenvalue weighted by molar-refractivity contribution is 9.10. The van der Waals surface area contributed by atoms with Crippen LogP contribution in [0.25, 0.3) is 0 Å². The highest BCUT2D eigenvalue weighted by atomic mass is 79.9. The van der Waals surface area contributed by atoms with Crippen molar-refractivity contribution in [2.24, 2.45) is 5.92 Å². The molecule has 108 valence electrons. The van der Waals surface area contributed by atoms with Gasteiger partial charge in [-0.25, -0.2) is 0 Å². The van der Waals surface area contributed by atoms with Crippen LogP contribution in [0.15, 0.2) is 21.2 Å². The van der Waals surface area contributed by atoms with Gasteiger partial charge in [-0.05, 0) is 66.8 Å². The number of nitrogens with zero attached hydrogens (tertiary/aromatic N) is 1. The van der Waals surface area contributed by atoms with Gasteiger partial charge in [-0.2, -0.15) is 0 Å². The number of hydrogen-bond acceptors (Lipinski definition) is 3. The van der Waals surface area contributed by atoms with Gasteiger partial charge in [-0.1, -0.05) is 13.8 Å². The Balaban J connectivity index is 1.87. The first-order valence-corrected chi connectivity index (χ1v) is 8.10. The van der Waals surface area contributed by atoms with E-state index in [1.807, 2.05) is 12.1 Å². The van der Waals surface area contributed by atoms with Crippen LogP contribution in [0.2, 0.25) is 0 Å². The number of furan rings is 1. The molecule has 19 heavy (non-hydrogen) atoms. The molecule has 0 radical (unpaired) electrons. The molecule has 0 spiro atoms. The number of rotatable bonds is 6. The van der Waals surface area contributed by atoms with Crippen molar-refractivity contribution in [3.8, 4) is 0 Å². The van der Waals surface area contributed by atoms with Gasteiger partial charge < -0.3 is 9.73 Å². The van der Waals surface area contributed by atoms with E-state index in [0.717, 1.165) is 17.0 Å². The van der Waals surface area contributed by atoms with Crippen LogP contribution >= 0.6 is 15.9 Å². The maximum atomic E-state index is 5.60. The largest absolute Gasteiger partial charge is 0.453 e. The SMILES string of the molecule is CC(NCC(C(C)C)N1CCCC1)c1ccc(Br)o1. The minimum Gasteiger partial charge on any atom is -0.453 e. The molecule has 2 heterocycles. The first-order chi connectivity index (χ1) is 9.08. The Labute approximate surface area is 124 Å². The molecule has 2 atom stereocenters. The lowest BCUT2D eigenvalue weighted by atomic mass is 10.0. The molecule has 2 rings (SSSR count). The summed E-state index contributed by atoms with van der Waals surface area (Å²) in [5.41, 5.74) is 0. The van der Waals surface area contributed by atoms with Crippen LogP contribution in [0, 0.1) is 5.92 Å². The fraction of sp³-hybridized carbons (Fsp3) is 0.733. The third-order valence-electron chi connectivity index (χ3n) is 4.03. The Kier molecular flexibility index (Phi) is 5.48. The molecular formula is C15H25BrN2O. The van der Waals surface area contributed by atoms with Crippen LogP contribution < -0.4 is 5.32 Å². The average molecular weight is 329 g/mol. The normalized spacial score (nSPS) is 20.1. The summed E-state index contributed by atoms with van der Waals surface area (Å²) >= 11 is 3.35. The lowest BCUT2D eigenvalue weighted by molar-refractivity contribution is 0.181. The second-order valence-electron chi connectivity index (χ2n) is 5.83. The van der Waals surface area contributed by atoms with Crippen molar-refractivity contribution in [1.29, 1.82) is 0 Å². The van der Waals surface area contributed by atoms with Gasteiger partial charge in [0.05, 0.1) is 6.04 Å². The fourth-order valence-corrected chi connectivity index (χ4v) is 3.14. The molecule has 1 aliphatic heterocycles. The van der Waals surface area contributed by atoms with E-state index in [9.17, 15) is 0 Å². The van der Waals surface area contributed by atoms with Gasteiger partial charge >= 0.3 is 0 Å². The van der Waals surface area contributed by atoms with E-state index >= 15 is 0 Å². The first-order valence-electron chi connectivity index (χ1n) is 7.30. The third-order valence-corrected chi connectivity index (χ3v) is 4.46. The zero-order valence-corrected chi connectivity index (χ0v) is 13.7.